The molecule has 0 aliphatic carbocycles. The molecule has 2 aromatic rings. The molecule has 1 heterocycles. The monoisotopic (exact) mass is 224 g/mol. The summed E-state index contributed by atoms with van der Waals surface area (Å²) in [5, 5.41) is 0. The molecule has 0 atom stereocenters. The van der Waals surface area contributed by atoms with E-state index >= 15 is 0 Å². The van der Waals surface area contributed by atoms with E-state index in [1.807, 2.05) is 0 Å². The lowest BCUT2D eigenvalue weighted by Gasteiger charge is -2.04. The molecule has 0 N–H and O–H groups in total. The van der Waals surface area contributed by atoms with Crippen molar-refractivity contribution < 1.29 is 13.9 Å². The number of carbonyl (C=O) groups excluding carboxylic acids is 1. The first-order valence-electron chi connectivity index (χ1n) is 4.24. The summed E-state index contributed by atoms with van der Waals surface area (Å²) >= 11 is 0.989. The van der Waals surface area contributed by atoms with Crippen molar-refractivity contribution in [2.24, 2.45) is 0 Å². The molecule has 0 spiro atoms. The van der Waals surface area contributed by atoms with Gasteiger partial charge in [-0.2, -0.15) is 0 Å². The lowest BCUT2D eigenvalue weighted by atomic mass is 10.1. The molecule has 1 aromatic heterocycles. The SMILES string of the molecule is COc1cc2sc(=O)oc2cc1C(C)=O. The number of rotatable bonds is 2. The maximum atomic E-state index is 11.3. The van der Waals surface area contributed by atoms with Gasteiger partial charge in [0.05, 0.1) is 17.4 Å². The van der Waals surface area contributed by atoms with Gasteiger partial charge in [-0.25, -0.2) is 4.79 Å². The second kappa shape index (κ2) is 3.51. The Morgan fingerprint density at radius 3 is 2.80 bits per heavy atom. The van der Waals surface area contributed by atoms with Gasteiger partial charge >= 0.3 is 4.94 Å². The number of methoxy groups -OCH3 is 1. The first kappa shape index (κ1) is 9.92. The van der Waals surface area contributed by atoms with E-state index in [0.717, 1.165) is 11.3 Å². The quantitative estimate of drug-likeness (QED) is 0.733. The Morgan fingerprint density at radius 2 is 2.20 bits per heavy atom. The number of hydrogen-bond acceptors (Lipinski definition) is 5. The fraction of sp³-hybridized carbons (Fsp3) is 0.200. The van der Waals surface area contributed by atoms with E-state index in [-0.39, 0.29) is 10.7 Å². The molecule has 0 aliphatic heterocycles. The molecule has 0 saturated heterocycles. The van der Waals surface area contributed by atoms with Crippen LogP contribution in [-0.4, -0.2) is 12.9 Å². The summed E-state index contributed by atoms with van der Waals surface area (Å²) in [5.74, 6) is 0.342. The van der Waals surface area contributed by atoms with Gasteiger partial charge in [-0.1, -0.05) is 11.3 Å². The number of carbonyl (C=O) groups is 1. The molecule has 4 nitrogen and oxygen atoms in total. The Labute approximate surface area is 89.1 Å². The Hall–Kier alpha value is -1.62. The fourth-order valence-electron chi connectivity index (χ4n) is 1.35. The minimum Gasteiger partial charge on any atom is -0.496 e. The summed E-state index contributed by atoms with van der Waals surface area (Å²) in [6, 6.07) is 3.18. The topological polar surface area (TPSA) is 56.5 Å². The van der Waals surface area contributed by atoms with Gasteiger partial charge in [0.2, 0.25) is 0 Å². The molecule has 0 fully saturated rings. The third kappa shape index (κ3) is 1.66. The molecule has 15 heavy (non-hydrogen) atoms. The van der Waals surface area contributed by atoms with Crippen LogP contribution in [0.1, 0.15) is 17.3 Å². The highest BCUT2D eigenvalue weighted by Gasteiger charge is 2.12. The molecule has 78 valence electrons. The van der Waals surface area contributed by atoms with Crippen molar-refractivity contribution in [3.63, 3.8) is 0 Å². The average molecular weight is 224 g/mol. The van der Waals surface area contributed by atoms with Crippen LogP contribution in [0.15, 0.2) is 21.3 Å². The number of benzene rings is 1. The highest BCUT2D eigenvalue weighted by Crippen LogP contribution is 2.27. The Kier molecular flexibility index (Phi) is 2.32. The van der Waals surface area contributed by atoms with Crippen molar-refractivity contribution >= 4 is 27.4 Å². The number of fused-ring (bicyclic) bond motifs is 1. The minimum atomic E-state index is -0.382. The molecule has 0 aliphatic rings. The van der Waals surface area contributed by atoms with Crippen molar-refractivity contribution in [1.29, 1.82) is 0 Å². The Morgan fingerprint density at radius 1 is 1.47 bits per heavy atom. The van der Waals surface area contributed by atoms with E-state index in [2.05, 4.69) is 0 Å². The lowest BCUT2D eigenvalue weighted by molar-refractivity contribution is 0.101. The second-order valence-electron chi connectivity index (χ2n) is 3.01. The van der Waals surface area contributed by atoms with Crippen molar-refractivity contribution in [3.05, 3.63) is 27.4 Å². The predicted octanol–water partition coefficient (Wildman–Crippen LogP) is 2.07. The van der Waals surface area contributed by atoms with Crippen LogP contribution < -0.4 is 9.68 Å². The predicted molar refractivity (Wildman–Crippen MR) is 56.9 cm³/mol. The molecule has 2 rings (SSSR count). The minimum absolute atomic E-state index is 0.123. The van der Waals surface area contributed by atoms with Crippen LogP contribution in [0.2, 0.25) is 0 Å². The number of ether oxygens (including phenoxy) is 1. The van der Waals surface area contributed by atoms with Crippen LogP contribution >= 0.6 is 11.3 Å². The molecule has 5 heteroatoms. The third-order valence-electron chi connectivity index (χ3n) is 2.03. The van der Waals surface area contributed by atoms with Crippen LogP contribution in [0.5, 0.6) is 5.75 Å². The van der Waals surface area contributed by atoms with Crippen LogP contribution in [-0.2, 0) is 0 Å². The molecule has 0 bridgehead atoms. The zero-order valence-corrected chi connectivity index (χ0v) is 9.01. The Balaban J connectivity index is 2.79. The summed E-state index contributed by atoms with van der Waals surface area (Å²) < 4.78 is 10.7. The van der Waals surface area contributed by atoms with Gasteiger partial charge in [-0.05, 0) is 13.0 Å². The third-order valence-corrected chi connectivity index (χ3v) is 2.82. The summed E-state index contributed by atoms with van der Waals surface area (Å²) in [6.07, 6.45) is 0. The van der Waals surface area contributed by atoms with Crippen LogP contribution in [0.4, 0.5) is 0 Å². The van der Waals surface area contributed by atoms with Crippen molar-refractivity contribution in [1.82, 2.24) is 0 Å². The van der Waals surface area contributed by atoms with Gasteiger partial charge in [0.15, 0.2) is 11.4 Å². The summed E-state index contributed by atoms with van der Waals surface area (Å²) in [7, 11) is 1.48. The van der Waals surface area contributed by atoms with Gasteiger partial charge < -0.3 is 9.15 Å². The van der Waals surface area contributed by atoms with E-state index in [9.17, 15) is 9.59 Å². The van der Waals surface area contributed by atoms with Gasteiger partial charge in [-0.3, -0.25) is 4.79 Å². The summed E-state index contributed by atoms with van der Waals surface area (Å²) in [5.41, 5.74) is 0.850. The largest absolute Gasteiger partial charge is 0.496 e. The highest BCUT2D eigenvalue weighted by atomic mass is 32.1. The molecular weight excluding hydrogens is 216 g/mol. The normalized spacial score (nSPS) is 10.5. The fourth-order valence-corrected chi connectivity index (χ4v) is 2.02. The van der Waals surface area contributed by atoms with Crippen LogP contribution in [0.3, 0.4) is 0 Å². The zero-order chi connectivity index (χ0) is 11.0. The maximum absolute atomic E-state index is 11.3. The molecular formula is C10H8O4S. The van der Waals surface area contributed by atoms with E-state index in [1.54, 1.807) is 6.07 Å². The van der Waals surface area contributed by atoms with Gasteiger partial charge in [0, 0.05) is 6.07 Å². The molecule has 0 radical (unpaired) electrons. The maximum Gasteiger partial charge on any atom is 0.396 e. The standard InChI is InChI=1S/C10H8O4S/c1-5(11)6-3-8-9(4-7(6)13-2)15-10(12)14-8/h3-4H,1-2H3. The van der Waals surface area contributed by atoms with Crippen molar-refractivity contribution in [2.75, 3.05) is 7.11 Å². The highest BCUT2D eigenvalue weighted by molar-refractivity contribution is 7.16. The average Bonchev–Trinajstić information content (AvgIpc) is 2.54. The van der Waals surface area contributed by atoms with Crippen LogP contribution in [0, 0.1) is 0 Å². The molecule has 0 unspecified atom stereocenters. The summed E-state index contributed by atoms with van der Waals surface area (Å²) in [4.78, 5) is 21.9. The van der Waals surface area contributed by atoms with Crippen LogP contribution in [0.25, 0.3) is 10.3 Å². The van der Waals surface area contributed by atoms with Gasteiger partial charge in [-0.15, -0.1) is 0 Å². The molecule has 0 saturated carbocycles. The Bertz CT molecular complexity index is 579. The van der Waals surface area contributed by atoms with Crippen molar-refractivity contribution in [2.45, 2.75) is 6.92 Å². The smallest absolute Gasteiger partial charge is 0.396 e. The lowest BCUT2D eigenvalue weighted by Crippen LogP contribution is -1.96. The number of Topliss-reactive ketones (excluding diaryl/α,β-unsaturated/α-hetero) is 1. The van der Waals surface area contributed by atoms with E-state index in [0.29, 0.717) is 21.6 Å². The van der Waals surface area contributed by atoms with E-state index < -0.39 is 0 Å². The number of hydrogen-bond donors (Lipinski definition) is 0. The van der Waals surface area contributed by atoms with E-state index in [4.69, 9.17) is 9.15 Å². The van der Waals surface area contributed by atoms with Crippen molar-refractivity contribution in [3.8, 4) is 5.75 Å². The van der Waals surface area contributed by atoms with E-state index in [1.165, 1.54) is 20.1 Å². The number of ketones is 1. The second-order valence-corrected chi connectivity index (χ2v) is 3.99. The van der Waals surface area contributed by atoms with Gasteiger partial charge in [0.1, 0.15) is 5.75 Å². The van der Waals surface area contributed by atoms with Gasteiger partial charge in [0.25, 0.3) is 0 Å². The molecule has 1 aromatic carbocycles. The first-order chi connectivity index (χ1) is 7.11. The summed E-state index contributed by atoms with van der Waals surface area (Å²) in [6.45, 7) is 1.44. The zero-order valence-electron chi connectivity index (χ0n) is 8.20. The molecule has 0 amide bonds. The first-order valence-corrected chi connectivity index (χ1v) is 5.06.